The van der Waals surface area contributed by atoms with E-state index in [1.165, 1.54) is 4.68 Å². The molecule has 3 aromatic rings. The molecule has 0 amide bonds. The van der Waals surface area contributed by atoms with E-state index in [1.54, 1.807) is 12.3 Å². The van der Waals surface area contributed by atoms with Gasteiger partial charge in [-0.3, -0.25) is 4.79 Å². The van der Waals surface area contributed by atoms with E-state index in [0.29, 0.717) is 22.5 Å². The second-order valence-corrected chi connectivity index (χ2v) is 7.57. The maximum Gasteiger partial charge on any atom is 0.282 e. The van der Waals surface area contributed by atoms with Gasteiger partial charge in [0.2, 0.25) is 0 Å². The molecular weight excluding hydrogens is 420 g/mol. The van der Waals surface area contributed by atoms with E-state index in [1.807, 2.05) is 31.2 Å². The summed E-state index contributed by atoms with van der Waals surface area (Å²) in [5.74, 6) is 2.13. The van der Waals surface area contributed by atoms with Crippen LogP contribution in [-0.4, -0.2) is 29.0 Å². The number of halogens is 1. The molecule has 2 aromatic heterocycles. The summed E-state index contributed by atoms with van der Waals surface area (Å²) in [6, 6.07) is 9.30. The van der Waals surface area contributed by atoms with Crippen LogP contribution in [0.5, 0.6) is 0 Å². The predicted octanol–water partition coefficient (Wildman–Crippen LogP) is 4.99. The Morgan fingerprint density at radius 1 is 1.25 bits per heavy atom. The van der Waals surface area contributed by atoms with Crippen molar-refractivity contribution >= 4 is 38.9 Å². The summed E-state index contributed by atoms with van der Waals surface area (Å²) in [6.45, 7) is 10.0. The molecule has 0 saturated carbocycles. The third-order valence-corrected chi connectivity index (χ3v) is 5.37. The van der Waals surface area contributed by atoms with E-state index >= 15 is 0 Å². The van der Waals surface area contributed by atoms with Crippen LogP contribution in [0.1, 0.15) is 51.6 Å². The number of benzene rings is 1. The van der Waals surface area contributed by atoms with Crippen LogP contribution in [0.15, 0.2) is 49.1 Å². The van der Waals surface area contributed by atoms with Gasteiger partial charge in [-0.1, -0.05) is 29.8 Å². The molecule has 3 rings (SSSR count). The van der Waals surface area contributed by atoms with Gasteiger partial charge in [0.25, 0.3) is 5.56 Å². The molecule has 0 spiro atoms. The van der Waals surface area contributed by atoms with Crippen LogP contribution in [0.3, 0.4) is 0 Å². The first-order valence-electron chi connectivity index (χ1n) is 9.59. The Labute approximate surface area is 173 Å². The normalized spacial score (nSPS) is 12.8. The molecule has 2 heterocycles. The molecule has 0 unspecified atom stereocenters. The molecule has 0 saturated heterocycles. The number of fused-ring (bicyclic) bond motifs is 1. The van der Waals surface area contributed by atoms with Crippen LogP contribution in [0, 0.1) is 0 Å². The van der Waals surface area contributed by atoms with E-state index in [4.69, 9.17) is 9.40 Å². The molecule has 0 aliphatic carbocycles. The number of rotatable bonds is 7. The first-order valence-corrected chi connectivity index (χ1v) is 10.4. The second kappa shape index (κ2) is 8.73. The fourth-order valence-corrected chi connectivity index (χ4v) is 3.37. The number of hydrogen-bond acceptors (Lipinski definition) is 5. The van der Waals surface area contributed by atoms with Gasteiger partial charge in [0.05, 0.1) is 17.1 Å². The molecule has 0 aliphatic rings. The third-order valence-electron chi connectivity index (χ3n) is 4.87. The second-order valence-electron chi connectivity index (χ2n) is 6.65. The zero-order chi connectivity index (χ0) is 20.3. The average Bonchev–Trinajstić information content (AvgIpc) is 3.16. The van der Waals surface area contributed by atoms with Crippen LogP contribution in [0.2, 0.25) is 0 Å². The van der Waals surface area contributed by atoms with E-state index in [9.17, 15) is 4.79 Å². The number of nitrogens with zero attached hydrogens (tertiary/aromatic N) is 4. The lowest BCUT2D eigenvalue weighted by molar-refractivity contribution is 0.542. The minimum Gasteiger partial charge on any atom is -0.440 e. The molecule has 1 aromatic carbocycles. The Morgan fingerprint density at radius 2 is 2.00 bits per heavy atom. The zero-order valence-electron chi connectivity index (χ0n) is 16.6. The van der Waals surface area contributed by atoms with Gasteiger partial charge < -0.3 is 9.32 Å². The molecule has 28 heavy (non-hydrogen) atoms. The number of anilines is 1. The van der Waals surface area contributed by atoms with Crippen molar-refractivity contribution in [2.75, 3.05) is 18.0 Å². The summed E-state index contributed by atoms with van der Waals surface area (Å²) >= 11 is 3.42. The summed E-state index contributed by atoms with van der Waals surface area (Å²) in [6.07, 6.45) is 2.43. The molecule has 0 N–H and O–H groups in total. The summed E-state index contributed by atoms with van der Waals surface area (Å²) < 4.78 is 8.08. The Balaban J connectivity index is 2.07. The topological polar surface area (TPSA) is 63.6 Å². The zero-order valence-corrected chi connectivity index (χ0v) is 18.2. The van der Waals surface area contributed by atoms with Crippen LogP contribution >= 0.6 is 15.9 Å². The fraction of sp³-hybridized carbons (Fsp3) is 0.381. The monoisotopic (exact) mass is 444 g/mol. The maximum absolute atomic E-state index is 13.1. The van der Waals surface area contributed by atoms with Gasteiger partial charge in [-0.05, 0) is 44.5 Å². The summed E-state index contributed by atoms with van der Waals surface area (Å²) in [4.78, 5) is 19.9. The highest BCUT2D eigenvalue weighted by Gasteiger charge is 2.16. The summed E-state index contributed by atoms with van der Waals surface area (Å²) in [7, 11) is 0. The standard InChI is InChI=1S/C21H25BrN4O2/c1-5-14(4)20-24-18-10-8-15(22)12-17(18)21(27)26(20)23-13-16-9-11-19(28-16)25(6-2)7-3/h8-14H,5-7H2,1-4H3/t14-/m0/s1. The molecular formula is C21H25BrN4O2. The van der Waals surface area contributed by atoms with Gasteiger partial charge in [-0.2, -0.15) is 9.78 Å². The smallest absolute Gasteiger partial charge is 0.282 e. The van der Waals surface area contributed by atoms with Gasteiger partial charge in [0.1, 0.15) is 11.6 Å². The summed E-state index contributed by atoms with van der Waals surface area (Å²) in [5, 5.41) is 4.97. The van der Waals surface area contributed by atoms with Crippen molar-refractivity contribution in [1.82, 2.24) is 9.66 Å². The van der Waals surface area contributed by atoms with E-state index in [-0.39, 0.29) is 11.5 Å². The van der Waals surface area contributed by atoms with E-state index in [0.717, 1.165) is 29.9 Å². The van der Waals surface area contributed by atoms with Gasteiger partial charge in [-0.15, -0.1) is 0 Å². The maximum atomic E-state index is 13.1. The third kappa shape index (κ3) is 4.04. The van der Waals surface area contributed by atoms with Crippen LogP contribution in [0.25, 0.3) is 10.9 Å². The fourth-order valence-electron chi connectivity index (χ4n) is 3.01. The highest BCUT2D eigenvalue weighted by atomic mass is 79.9. The van der Waals surface area contributed by atoms with Gasteiger partial charge >= 0.3 is 0 Å². The number of aromatic nitrogens is 2. The van der Waals surface area contributed by atoms with E-state index < -0.39 is 0 Å². The lowest BCUT2D eigenvalue weighted by atomic mass is 10.1. The highest BCUT2D eigenvalue weighted by molar-refractivity contribution is 9.10. The number of furan rings is 1. The Hall–Kier alpha value is -2.41. The van der Waals surface area contributed by atoms with Crippen LogP contribution in [-0.2, 0) is 0 Å². The van der Waals surface area contributed by atoms with Crippen molar-refractivity contribution in [2.24, 2.45) is 5.10 Å². The highest BCUT2D eigenvalue weighted by Crippen LogP contribution is 2.21. The largest absolute Gasteiger partial charge is 0.440 e. The quantitative estimate of drug-likeness (QED) is 0.481. The molecule has 7 heteroatoms. The lowest BCUT2D eigenvalue weighted by Gasteiger charge is -2.16. The van der Waals surface area contributed by atoms with Crippen molar-refractivity contribution in [3.05, 3.63) is 56.7 Å². The molecule has 1 atom stereocenters. The van der Waals surface area contributed by atoms with Gasteiger partial charge in [0.15, 0.2) is 5.88 Å². The average molecular weight is 445 g/mol. The van der Waals surface area contributed by atoms with Crippen LogP contribution in [0.4, 0.5) is 5.88 Å². The van der Waals surface area contributed by atoms with Crippen LogP contribution < -0.4 is 10.5 Å². The lowest BCUT2D eigenvalue weighted by Crippen LogP contribution is -2.23. The molecule has 148 valence electrons. The van der Waals surface area contributed by atoms with Crippen molar-refractivity contribution in [1.29, 1.82) is 0 Å². The first kappa shape index (κ1) is 20.3. The van der Waals surface area contributed by atoms with Gasteiger partial charge in [-0.25, -0.2) is 4.98 Å². The van der Waals surface area contributed by atoms with Crippen molar-refractivity contribution in [3.63, 3.8) is 0 Å². The first-order chi connectivity index (χ1) is 13.5. The Morgan fingerprint density at radius 3 is 2.68 bits per heavy atom. The Kier molecular flexibility index (Phi) is 6.34. The minimum absolute atomic E-state index is 0.0979. The van der Waals surface area contributed by atoms with Crippen molar-refractivity contribution in [3.8, 4) is 0 Å². The molecule has 0 aliphatic heterocycles. The van der Waals surface area contributed by atoms with Crippen molar-refractivity contribution in [2.45, 2.75) is 40.0 Å². The molecule has 0 fully saturated rings. The SMILES string of the molecule is CC[C@H](C)c1nc2ccc(Br)cc2c(=O)n1N=Cc1ccc(N(CC)CC)o1. The Bertz CT molecular complexity index is 1050. The summed E-state index contributed by atoms with van der Waals surface area (Å²) in [5.41, 5.74) is 0.491. The van der Waals surface area contributed by atoms with Crippen molar-refractivity contribution < 1.29 is 4.42 Å². The predicted molar refractivity (Wildman–Crippen MR) is 118 cm³/mol. The molecule has 0 bridgehead atoms. The van der Waals surface area contributed by atoms with E-state index in [2.05, 4.69) is 46.7 Å². The molecule has 0 radical (unpaired) electrons. The molecule has 6 nitrogen and oxygen atoms in total. The number of hydrogen-bond donors (Lipinski definition) is 0. The minimum atomic E-state index is -0.187. The van der Waals surface area contributed by atoms with Gasteiger partial charge in [0, 0.05) is 29.5 Å².